The molecule has 3 aliphatic heterocycles. The zero-order valence-electron chi connectivity index (χ0n) is 17.1. The number of benzene rings is 2. The van der Waals surface area contributed by atoms with Crippen LogP contribution in [0.3, 0.4) is 0 Å². The largest absolute Gasteiger partial charge is 0.497 e. The van der Waals surface area contributed by atoms with Crippen LogP contribution in [0.25, 0.3) is 0 Å². The molecule has 2 saturated heterocycles. The van der Waals surface area contributed by atoms with E-state index in [-0.39, 0.29) is 29.7 Å². The maximum atomic E-state index is 13.7. The van der Waals surface area contributed by atoms with Crippen molar-refractivity contribution < 1.29 is 24.4 Å². The number of nitrogens with one attached hydrogen (secondary N) is 1. The van der Waals surface area contributed by atoms with E-state index in [1.807, 2.05) is 43.4 Å². The third kappa shape index (κ3) is 2.26. The monoisotopic (exact) mass is 406 g/mol. The standard InChI is InChI=1S/C23H23N3O4/c1-12(2)19-17-18(23(25-19)15-6-4-5-7-16(15)24-22(23)29)21(28)26(20(17)27)13-8-10-14(30-3)11-9-13/h4-12,17-19,25H,1-3H3,(H,24,29)/p+1/t17-,18+,19+,23+/m1/s1. The van der Waals surface area contributed by atoms with E-state index < -0.39 is 17.4 Å². The predicted octanol–water partition coefficient (Wildman–Crippen LogP) is 1.25. The van der Waals surface area contributed by atoms with E-state index in [0.717, 1.165) is 5.56 Å². The molecule has 2 aromatic carbocycles. The van der Waals surface area contributed by atoms with Crippen molar-refractivity contribution in [3.05, 3.63) is 54.1 Å². The number of anilines is 2. The number of quaternary nitrogens is 1. The number of para-hydroxylation sites is 1. The molecule has 0 saturated carbocycles. The first-order valence-corrected chi connectivity index (χ1v) is 10.2. The van der Waals surface area contributed by atoms with Crippen molar-refractivity contribution >= 4 is 29.1 Å². The van der Waals surface area contributed by atoms with Crippen molar-refractivity contribution in [2.75, 3.05) is 17.3 Å². The zero-order chi connectivity index (χ0) is 21.2. The van der Waals surface area contributed by atoms with Gasteiger partial charge in [0, 0.05) is 11.5 Å². The summed E-state index contributed by atoms with van der Waals surface area (Å²) in [7, 11) is 1.56. The molecule has 3 amide bonds. The van der Waals surface area contributed by atoms with Crippen LogP contribution in [0.4, 0.5) is 11.4 Å². The van der Waals surface area contributed by atoms with Crippen LogP contribution in [0.5, 0.6) is 5.75 Å². The van der Waals surface area contributed by atoms with E-state index in [9.17, 15) is 14.4 Å². The summed E-state index contributed by atoms with van der Waals surface area (Å²) in [5.74, 6) is -1.32. The van der Waals surface area contributed by atoms with E-state index in [1.54, 1.807) is 31.4 Å². The summed E-state index contributed by atoms with van der Waals surface area (Å²) < 4.78 is 5.19. The van der Waals surface area contributed by atoms with Gasteiger partial charge in [-0.1, -0.05) is 32.0 Å². The summed E-state index contributed by atoms with van der Waals surface area (Å²) in [6.45, 7) is 4.06. The van der Waals surface area contributed by atoms with E-state index in [1.165, 1.54) is 4.90 Å². The fraction of sp³-hybridized carbons (Fsp3) is 0.348. The quantitative estimate of drug-likeness (QED) is 0.751. The zero-order valence-corrected chi connectivity index (χ0v) is 17.1. The molecule has 1 spiro atoms. The van der Waals surface area contributed by atoms with Gasteiger partial charge in [-0.25, -0.2) is 4.90 Å². The van der Waals surface area contributed by atoms with Crippen molar-refractivity contribution in [3.63, 3.8) is 0 Å². The minimum atomic E-state index is -1.12. The number of imide groups is 1. The number of carbonyl (C=O) groups is 3. The van der Waals surface area contributed by atoms with Crippen LogP contribution in [-0.4, -0.2) is 30.9 Å². The van der Waals surface area contributed by atoms with Gasteiger partial charge in [-0.05, 0) is 30.3 Å². The summed E-state index contributed by atoms with van der Waals surface area (Å²) >= 11 is 0. The van der Waals surface area contributed by atoms with Crippen LogP contribution in [0.1, 0.15) is 19.4 Å². The molecule has 0 unspecified atom stereocenters. The van der Waals surface area contributed by atoms with E-state index in [0.29, 0.717) is 17.1 Å². The Hall–Kier alpha value is -3.19. The molecule has 5 rings (SSSR count). The summed E-state index contributed by atoms with van der Waals surface area (Å²) in [5, 5.41) is 4.91. The normalized spacial score (nSPS) is 29.5. The van der Waals surface area contributed by atoms with Crippen LogP contribution in [-0.2, 0) is 19.9 Å². The van der Waals surface area contributed by atoms with E-state index in [2.05, 4.69) is 5.32 Å². The van der Waals surface area contributed by atoms with Gasteiger partial charge < -0.3 is 15.4 Å². The molecule has 0 aliphatic carbocycles. The molecule has 2 aromatic rings. The first-order chi connectivity index (χ1) is 14.4. The molecule has 3 aliphatic rings. The molecule has 154 valence electrons. The van der Waals surface area contributed by atoms with Crippen molar-refractivity contribution in [3.8, 4) is 5.75 Å². The van der Waals surface area contributed by atoms with Gasteiger partial charge in [0.25, 0.3) is 5.91 Å². The van der Waals surface area contributed by atoms with Crippen LogP contribution in [0, 0.1) is 17.8 Å². The van der Waals surface area contributed by atoms with E-state index in [4.69, 9.17) is 4.74 Å². The third-order valence-corrected chi connectivity index (χ3v) is 6.81. The average Bonchev–Trinajstić information content (AvgIpc) is 3.33. The van der Waals surface area contributed by atoms with Crippen LogP contribution < -0.4 is 20.3 Å². The first kappa shape index (κ1) is 18.8. The smallest absolute Gasteiger partial charge is 0.291 e. The molecule has 0 bridgehead atoms. The van der Waals surface area contributed by atoms with E-state index >= 15 is 0 Å². The van der Waals surface area contributed by atoms with Gasteiger partial charge >= 0.3 is 0 Å². The summed E-state index contributed by atoms with van der Waals surface area (Å²) in [4.78, 5) is 41.8. The Kier molecular flexibility index (Phi) is 4.02. The number of nitrogens with two attached hydrogens (primary N) is 1. The Morgan fingerprint density at radius 3 is 2.40 bits per heavy atom. The van der Waals surface area contributed by atoms with Gasteiger partial charge in [0.05, 0.1) is 18.5 Å². The van der Waals surface area contributed by atoms with Crippen molar-refractivity contribution in [1.29, 1.82) is 0 Å². The Labute approximate surface area is 174 Å². The van der Waals surface area contributed by atoms with Crippen molar-refractivity contribution in [2.45, 2.75) is 25.4 Å². The van der Waals surface area contributed by atoms with Crippen molar-refractivity contribution in [2.24, 2.45) is 17.8 Å². The highest BCUT2D eigenvalue weighted by Crippen LogP contribution is 2.50. The van der Waals surface area contributed by atoms with Gasteiger partial charge in [-0.2, -0.15) is 0 Å². The second-order valence-electron chi connectivity index (χ2n) is 8.57. The molecule has 3 heterocycles. The lowest BCUT2D eigenvalue weighted by Crippen LogP contribution is -2.99. The summed E-state index contributed by atoms with van der Waals surface area (Å²) in [6, 6.07) is 14.1. The lowest BCUT2D eigenvalue weighted by molar-refractivity contribution is -0.738. The summed E-state index contributed by atoms with van der Waals surface area (Å²) in [5.41, 5.74) is 0.880. The maximum absolute atomic E-state index is 13.7. The Morgan fingerprint density at radius 1 is 1.03 bits per heavy atom. The number of rotatable bonds is 3. The van der Waals surface area contributed by atoms with Crippen molar-refractivity contribution in [1.82, 2.24) is 0 Å². The molecule has 2 fully saturated rings. The molecule has 7 heteroatoms. The highest BCUT2D eigenvalue weighted by atomic mass is 16.5. The van der Waals surface area contributed by atoms with Crippen LogP contribution >= 0.6 is 0 Å². The fourth-order valence-corrected chi connectivity index (χ4v) is 5.44. The molecule has 0 aromatic heterocycles. The number of hydrogen-bond acceptors (Lipinski definition) is 4. The molecular weight excluding hydrogens is 382 g/mol. The van der Waals surface area contributed by atoms with Crippen LogP contribution in [0.15, 0.2) is 48.5 Å². The highest BCUT2D eigenvalue weighted by molar-refractivity contribution is 6.25. The number of amides is 3. The summed E-state index contributed by atoms with van der Waals surface area (Å²) in [6.07, 6.45) is 0. The lowest BCUT2D eigenvalue weighted by Gasteiger charge is -2.27. The Bertz CT molecular complexity index is 1060. The third-order valence-electron chi connectivity index (χ3n) is 6.81. The number of fused-ring (bicyclic) bond motifs is 4. The molecule has 0 radical (unpaired) electrons. The lowest BCUT2D eigenvalue weighted by atomic mass is 9.76. The van der Waals surface area contributed by atoms with Crippen LogP contribution in [0.2, 0.25) is 0 Å². The average molecular weight is 406 g/mol. The highest BCUT2D eigenvalue weighted by Gasteiger charge is 2.74. The maximum Gasteiger partial charge on any atom is 0.291 e. The second-order valence-corrected chi connectivity index (χ2v) is 8.57. The number of ether oxygens (including phenoxy) is 1. The first-order valence-electron chi connectivity index (χ1n) is 10.2. The Balaban J connectivity index is 1.65. The van der Waals surface area contributed by atoms with Gasteiger partial charge in [0.2, 0.25) is 17.4 Å². The fourth-order valence-electron chi connectivity index (χ4n) is 5.44. The minimum Gasteiger partial charge on any atom is -0.497 e. The number of hydrogen-bond donors (Lipinski definition) is 2. The molecule has 30 heavy (non-hydrogen) atoms. The molecule has 3 N–H and O–H groups in total. The molecule has 7 nitrogen and oxygen atoms in total. The Morgan fingerprint density at radius 2 is 1.73 bits per heavy atom. The van der Waals surface area contributed by atoms with Gasteiger partial charge in [-0.3, -0.25) is 14.4 Å². The minimum absolute atomic E-state index is 0.116. The predicted molar refractivity (Wildman–Crippen MR) is 110 cm³/mol. The van der Waals surface area contributed by atoms with Gasteiger partial charge in [0.15, 0.2) is 0 Å². The number of methoxy groups -OCH3 is 1. The molecular formula is C23H24N3O4+. The SMILES string of the molecule is COc1ccc(N2C(=O)[C@@H]3[C@@H](C2=O)[C@]2([NH2+][C@H]3C(C)C)C(=O)Nc3ccccc32)cc1. The van der Waals surface area contributed by atoms with Gasteiger partial charge in [-0.15, -0.1) is 0 Å². The number of nitrogens with zero attached hydrogens (tertiary/aromatic N) is 1. The van der Waals surface area contributed by atoms with Gasteiger partial charge in [0.1, 0.15) is 23.6 Å². The second kappa shape index (κ2) is 6.40. The molecule has 4 atom stereocenters. The number of carbonyl (C=O) groups excluding carboxylic acids is 3. The topological polar surface area (TPSA) is 92.3 Å².